The molecule has 0 spiro atoms. The first-order valence-corrected chi connectivity index (χ1v) is 14.8. The van der Waals surface area contributed by atoms with E-state index in [0.717, 1.165) is 47.2 Å². The number of imidazole rings is 1. The van der Waals surface area contributed by atoms with Crippen molar-refractivity contribution in [3.8, 4) is 39.7 Å². The molecule has 0 aliphatic carbocycles. The Labute approximate surface area is 252 Å². The average Bonchev–Trinajstić information content (AvgIpc) is 3.80. The Morgan fingerprint density at radius 2 is 1.89 bits per heavy atom. The molecule has 0 bridgehead atoms. The van der Waals surface area contributed by atoms with E-state index in [-0.39, 0.29) is 5.91 Å². The largest absolute Gasteiger partial charge is 0.492 e. The summed E-state index contributed by atoms with van der Waals surface area (Å²) in [5.41, 5.74) is 6.37. The number of H-pyrrole nitrogens is 2. The second-order valence-electron chi connectivity index (χ2n) is 10.9. The quantitative estimate of drug-likeness (QED) is 0.183. The lowest BCUT2D eigenvalue weighted by atomic mass is 10.0. The number of nitrogens with zero attached hydrogens (tertiary/aromatic N) is 5. The zero-order valence-corrected chi connectivity index (χ0v) is 24.2. The monoisotopic (exact) mass is 590 g/mol. The first-order valence-electron chi connectivity index (χ1n) is 14.8. The van der Waals surface area contributed by atoms with Crippen LogP contribution >= 0.6 is 0 Å². The van der Waals surface area contributed by atoms with Gasteiger partial charge < -0.3 is 15.0 Å². The molecule has 1 aliphatic rings. The summed E-state index contributed by atoms with van der Waals surface area (Å²) in [4.78, 5) is 31.4. The van der Waals surface area contributed by atoms with Gasteiger partial charge in [-0.25, -0.2) is 9.37 Å². The molecule has 4 aromatic heterocycles. The first-order chi connectivity index (χ1) is 21.5. The van der Waals surface area contributed by atoms with Crippen LogP contribution in [0.25, 0.3) is 55.8 Å². The molecule has 1 amide bonds. The zero-order valence-electron chi connectivity index (χ0n) is 24.2. The highest BCUT2D eigenvalue weighted by Gasteiger charge is 2.18. The molecule has 0 unspecified atom stereocenters. The third kappa shape index (κ3) is 5.61. The van der Waals surface area contributed by atoms with Crippen molar-refractivity contribution in [1.82, 2.24) is 35.0 Å². The van der Waals surface area contributed by atoms with E-state index in [1.165, 1.54) is 25.0 Å². The Kier molecular flexibility index (Phi) is 7.45. The number of amides is 1. The van der Waals surface area contributed by atoms with Crippen LogP contribution in [0.1, 0.15) is 26.2 Å². The van der Waals surface area contributed by atoms with Crippen molar-refractivity contribution >= 4 is 33.5 Å². The Balaban J connectivity index is 1.20. The topological polar surface area (TPSA) is 125 Å². The number of benzene rings is 2. The molecule has 1 fully saturated rings. The number of likely N-dealkylation sites (tertiary alicyclic amines) is 1. The van der Waals surface area contributed by atoms with Crippen LogP contribution in [-0.4, -0.2) is 67.2 Å². The Hall–Kier alpha value is -5.16. The number of anilines is 1. The molecule has 5 heterocycles. The fourth-order valence-corrected chi connectivity index (χ4v) is 5.63. The number of halogens is 1. The van der Waals surface area contributed by atoms with Crippen molar-refractivity contribution in [3.63, 3.8) is 0 Å². The van der Waals surface area contributed by atoms with E-state index >= 15 is 0 Å². The maximum Gasteiger partial charge on any atom is 0.224 e. The summed E-state index contributed by atoms with van der Waals surface area (Å²) in [6, 6.07) is 14.3. The number of ether oxygens (including phenoxy) is 1. The van der Waals surface area contributed by atoms with E-state index in [9.17, 15) is 9.18 Å². The number of carbonyl (C=O) groups is 1. The van der Waals surface area contributed by atoms with Gasteiger partial charge in [0.2, 0.25) is 5.91 Å². The van der Waals surface area contributed by atoms with Crippen LogP contribution in [0.4, 0.5) is 10.1 Å². The minimum absolute atomic E-state index is 0.0743. The van der Waals surface area contributed by atoms with E-state index in [0.29, 0.717) is 52.8 Å². The molecule has 222 valence electrons. The van der Waals surface area contributed by atoms with E-state index in [4.69, 9.17) is 9.72 Å². The summed E-state index contributed by atoms with van der Waals surface area (Å²) in [6.07, 6.45) is 7.87. The molecule has 1 saturated heterocycles. The second kappa shape index (κ2) is 11.8. The van der Waals surface area contributed by atoms with Gasteiger partial charge in [0.25, 0.3) is 0 Å². The van der Waals surface area contributed by atoms with Gasteiger partial charge in [-0.3, -0.25) is 24.8 Å². The van der Waals surface area contributed by atoms with Crippen LogP contribution in [-0.2, 0) is 4.79 Å². The van der Waals surface area contributed by atoms with Crippen LogP contribution in [0.15, 0.2) is 67.1 Å². The average molecular weight is 591 g/mol. The van der Waals surface area contributed by atoms with Crippen molar-refractivity contribution < 1.29 is 13.9 Å². The van der Waals surface area contributed by atoms with Crippen molar-refractivity contribution in [2.24, 2.45) is 0 Å². The first kappa shape index (κ1) is 27.7. The molecule has 2 aromatic carbocycles. The Bertz CT molecular complexity index is 1980. The summed E-state index contributed by atoms with van der Waals surface area (Å²) in [5, 5.41) is 11.4. The smallest absolute Gasteiger partial charge is 0.224 e. The van der Waals surface area contributed by atoms with Gasteiger partial charge in [-0.1, -0.05) is 13.0 Å². The number of aromatic nitrogens is 6. The number of nitrogens with one attached hydrogen (secondary N) is 3. The van der Waals surface area contributed by atoms with E-state index < -0.39 is 5.82 Å². The predicted octanol–water partition coefficient (Wildman–Crippen LogP) is 6.19. The van der Waals surface area contributed by atoms with Crippen molar-refractivity contribution in [3.05, 3.63) is 72.9 Å². The molecule has 10 nitrogen and oxygen atoms in total. The summed E-state index contributed by atoms with van der Waals surface area (Å²) in [6.45, 7) is 5.29. The van der Waals surface area contributed by atoms with E-state index in [1.54, 1.807) is 25.5 Å². The van der Waals surface area contributed by atoms with Gasteiger partial charge in [-0.15, -0.1) is 0 Å². The minimum Gasteiger partial charge on any atom is -0.492 e. The molecule has 7 rings (SSSR count). The lowest BCUT2D eigenvalue weighted by molar-refractivity contribution is -0.115. The fourth-order valence-electron chi connectivity index (χ4n) is 5.63. The summed E-state index contributed by atoms with van der Waals surface area (Å²) >= 11 is 0. The van der Waals surface area contributed by atoms with Crippen molar-refractivity contribution in [1.29, 1.82) is 0 Å². The fraction of sp³-hybridized carbons (Fsp3) is 0.242. The van der Waals surface area contributed by atoms with Gasteiger partial charge >= 0.3 is 0 Å². The normalized spacial score (nSPS) is 13.6. The number of carbonyl (C=O) groups excluding carboxylic acids is 1. The second-order valence-corrected chi connectivity index (χ2v) is 10.9. The third-order valence-corrected chi connectivity index (χ3v) is 7.88. The molecular weight excluding hydrogens is 559 g/mol. The van der Waals surface area contributed by atoms with Crippen LogP contribution in [0, 0.1) is 5.82 Å². The summed E-state index contributed by atoms with van der Waals surface area (Å²) in [7, 11) is 0. The van der Waals surface area contributed by atoms with Gasteiger partial charge in [0.1, 0.15) is 29.4 Å². The Morgan fingerprint density at radius 3 is 2.75 bits per heavy atom. The predicted molar refractivity (Wildman–Crippen MR) is 168 cm³/mol. The molecule has 1 aliphatic heterocycles. The molecule has 0 radical (unpaired) electrons. The number of hydrogen-bond acceptors (Lipinski definition) is 7. The van der Waals surface area contributed by atoms with Gasteiger partial charge in [-0.2, -0.15) is 5.10 Å². The zero-order chi connectivity index (χ0) is 30.0. The molecule has 0 saturated carbocycles. The number of fused-ring (bicyclic) bond motifs is 2. The van der Waals surface area contributed by atoms with Crippen LogP contribution < -0.4 is 10.1 Å². The summed E-state index contributed by atoms with van der Waals surface area (Å²) in [5.74, 6) is 0.548. The van der Waals surface area contributed by atoms with E-state index in [1.807, 2.05) is 36.4 Å². The third-order valence-electron chi connectivity index (χ3n) is 7.88. The van der Waals surface area contributed by atoms with Crippen LogP contribution in [0.3, 0.4) is 0 Å². The van der Waals surface area contributed by atoms with Gasteiger partial charge in [0, 0.05) is 47.9 Å². The van der Waals surface area contributed by atoms with Crippen LogP contribution in [0.2, 0.25) is 0 Å². The van der Waals surface area contributed by atoms with E-state index in [2.05, 4.69) is 35.4 Å². The molecule has 3 N–H and O–H groups in total. The SMILES string of the molecule is CCC(=O)Nc1cncc(-c2ccc3[nH]nc(-c4nc5c(-c6cc(F)cc(OCCN7CCCC7)c6)nccc5[nH]4)c3c2)c1. The highest BCUT2D eigenvalue weighted by molar-refractivity contribution is 5.98. The molecule has 6 aromatic rings. The van der Waals surface area contributed by atoms with Crippen molar-refractivity contribution in [2.45, 2.75) is 26.2 Å². The molecule has 0 atom stereocenters. The van der Waals surface area contributed by atoms with Gasteiger partial charge in [0.15, 0.2) is 5.82 Å². The lowest BCUT2D eigenvalue weighted by Crippen LogP contribution is -2.25. The van der Waals surface area contributed by atoms with Crippen LogP contribution in [0.5, 0.6) is 5.75 Å². The van der Waals surface area contributed by atoms with Gasteiger partial charge in [-0.05, 0) is 67.9 Å². The maximum absolute atomic E-state index is 14.7. The highest BCUT2D eigenvalue weighted by atomic mass is 19.1. The molecule has 11 heteroatoms. The molecule has 44 heavy (non-hydrogen) atoms. The number of hydrogen-bond donors (Lipinski definition) is 3. The summed E-state index contributed by atoms with van der Waals surface area (Å²) < 4.78 is 20.7. The van der Waals surface area contributed by atoms with Gasteiger partial charge in [0.05, 0.1) is 28.6 Å². The Morgan fingerprint density at radius 1 is 1.00 bits per heavy atom. The van der Waals surface area contributed by atoms with Crippen molar-refractivity contribution in [2.75, 3.05) is 31.6 Å². The maximum atomic E-state index is 14.7. The number of rotatable bonds is 9. The minimum atomic E-state index is -0.396. The lowest BCUT2D eigenvalue weighted by Gasteiger charge is -2.15. The highest BCUT2D eigenvalue weighted by Crippen LogP contribution is 2.34. The number of aromatic amines is 2. The standard InChI is InChI=1S/C33H31FN8O2/c1-2-29(43)37-24-14-22(18-35-19-24)20-5-6-27-26(16-20)31(41-40-27)33-38-28-7-8-36-30(32(28)39-33)21-13-23(34)17-25(15-21)44-12-11-42-9-3-4-10-42/h5-8,13-19H,2-4,9-12H2,1H3,(H,37,43)(H,38,39)(H,40,41). The number of pyridine rings is 2. The molecular formula is C33H31FN8O2.